The average Bonchev–Trinajstić information content (AvgIpc) is 2.26. The predicted molar refractivity (Wildman–Crippen MR) is 54.9 cm³/mol. The minimum atomic E-state index is -4.75. The highest BCUT2D eigenvalue weighted by atomic mass is 127. The molecule has 0 aliphatic carbocycles. The van der Waals surface area contributed by atoms with E-state index in [0.29, 0.717) is 0 Å². The second kappa shape index (κ2) is 3.60. The lowest BCUT2D eigenvalue weighted by Gasteiger charge is -2.20. The van der Waals surface area contributed by atoms with Crippen molar-refractivity contribution in [3.63, 3.8) is 0 Å². The van der Waals surface area contributed by atoms with Crippen molar-refractivity contribution in [3.05, 3.63) is 15.2 Å². The Bertz CT molecular complexity index is 341. The van der Waals surface area contributed by atoms with Gasteiger partial charge in [-0.05, 0) is 43.4 Å². The first-order chi connectivity index (χ1) is 6.55. The molecule has 1 rings (SSSR count). The van der Waals surface area contributed by atoms with E-state index in [-0.39, 0.29) is 3.70 Å². The fourth-order valence-corrected chi connectivity index (χ4v) is 2.09. The summed E-state index contributed by atoms with van der Waals surface area (Å²) < 4.78 is 51.1. The normalized spacial score (nSPS) is 13.3. The number of hydrogen-bond donors (Lipinski definition) is 0. The molecular weight excluding hydrogens is 327 g/mol. The summed E-state index contributed by atoms with van der Waals surface area (Å²) in [6.45, 7) is 4.96. The maximum absolute atomic E-state index is 13.2. The number of aromatic nitrogens is 2. The zero-order chi connectivity index (χ0) is 12.0. The van der Waals surface area contributed by atoms with Crippen molar-refractivity contribution in [1.29, 1.82) is 0 Å². The zero-order valence-corrected chi connectivity index (χ0v) is 10.4. The molecule has 0 aliphatic heterocycles. The van der Waals surface area contributed by atoms with Crippen molar-refractivity contribution < 1.29 is 17.6 Å². The van der Waals surface area contributed by atoms with Crippen LogP contribution in [0, 0.1) is 9.52 Å². The smallest absolute Gasteiger partial charge is 0.250 e. The lowest BCUT2D eigenvalue weighted by atomic mass is 10.1. The van der Waals surface area contributed by atoms with Crippen LogP contribution in [0.5, 0.6) is 0 Å². The van der Waals surface area contributed by atoms with Gasteiger partial charge in [-0.1, -0.05) is 0 Å². The molecule has 0 bridgehead atoms. The Kier molecular flexibility index (Phi) is 3.05. The van der Waals surface area contributed by atoms with Crippen LogP contribution in [-0.4, -0.2) is 9.78 Å². The molecule has 0 spiro atoms. The molecule has 0 radical (unpaired) electrons. The molecule has 0 fully saturated rings. The van der Waals surface area contributed by atoms with Crippen LogP contribution in [0.1, 0.15) is 26.5 Å². The molecule has 0 unspecified atom stereocenters. The van der Waals surface area contributed by atoms with Gasteiger partial charge in [-0.3, -0.25) is 4.68 Å². The largest absolute Gasteiger partial charge is 0.438 e. The Morgan fingerprint density at radius 1 is 1.20 bits per heavy atom. The lowest BCUT2D eigenvalue weighted by molar-refractivity contribution is -0.144. The maximum Gasteiger partial charge on any atom is 0.438 e. The van der Waals surface area contributed by atoms with Gasteiger partial charge in [-0.25, -0.2) is 4.39 Å². The van der Waals surface area contributed by atoms with Crippen LogP contribution in [0.3, 0.4) is 0 Å². The molecule has 0 saturated carbocycles. The molecule has 0 aliphatic rings. The van der Waals surface area contributed by atoms with E-state index in [1.807, 2.05) is 0 Å². The van der Waals surface area contributed by atoms with Crippen LogP contribution in [-0.2, 0) is 11.7 Å². The summed E-state index contributed by atoms with van der Waals surface area (Å²) in [5.74, 6) is -1.31. The highest BCUT2D eigenvalue weighted by molar-refractivity contribution is 14.1. The molecule has 7 heteroatoms. The number of rotatable bonds is 0. The molecule has 2 nitrogen and oxygen atoms in total. The third-order valence-corrected chi connectivity index (χ3v) is 2.61. The number of halogens is 5. The fourth-order valence-electron chi connectivity index (χ4n) is 1.00. The molecule has 1 heterocycles. The van der Waals surface area contributed by atoms with Crippen LogP contribution in [0.15, 0.2) is 0 Å². The van der Waals surface area contributed by atoms with Crippen molar-refractivity contribution in [3.8, 4) is 0 Å². The number of nitrogens with zero attached hydrogens (tertiary/aromatic N) is 2. The van der Waals surface area contributed by atoms with E-state index < -0.39 is 23.2 Å². The van der Waals surface area contributed by atoms with E-state index in [1.54, 1.807) is 20.8 Å². The monoisotopic (exact) mass is 336 g/mol. The van der Waals surface area contributed by atoms with Gasteiger partial charge in [-0.15, -0.1) is 0 Å². The molecule has 0 atom stereocenters. The van der Waals surface area contributed by atoms with Crippen molar-refractivity contribution in [2.45, 2.75) is 32.5 Å². The first-order valence-corrected chi connectivity index (χ1v) is 5.14. The standard InChI is InChI=1S/C8H9F4IN2/c1-7(2,3)15-6(13)4(9)5(14-15)8(10,11)12/h1-3H3. The SMILES string of the molecule is CC(C)(C)n1nc(C(F)(F)F)c(F)c1I. The van der Waals surface area contributed by atoms with E-state index in [1.165, 1.54) is 22.6 Å². The molecule has 15 heavy (non-hydrogen) atoms. The summed E-state index contributed by atoms with van der Waals surface area (Å²) in [5, 5.41) is 3.26. The van der Waals surface area contributed by atoms with Gasteiger partial charge in [0.15, 0.2) is 5.82 Å². The third-order valence-electron chi connectivity index (χ3n) is 1.68. The van der Waals surface area contributed by atoms with E-state index >= 15 is 0 Å². The molecule has 0 aromatic carbocycles. The molecule has 0 N–H and O–H groups in total. The van der Waals surface area contributed by atoms with Crippen molar-refractivity contribution in [2.75, 3.05) is 0 Å². The van der Waals surface area contributed by atoms with Gasteiger partial charge < -0.3 is 0 Å². The molecule has 86 valence electrons. The van der Waals surface area contributed by atoms with E-state index in [9.17, 15) is 17.6 Å². The highest BCUT2D eigenvalue weighted by Gasteiger charge is 2.40. The van der Waals surface area contributed by atoms with Gasteiger partial charge in [-0.2, -0.15) is 18.3 Å². The van der Waals surface area contributed by atoms with Gasteiger partial charge in [0.1, 0.15) is 3.70 Å². The Morgan fingerprint density at radius 3 is 1.87 bits per heavy atom. The Hall–Kier alpha value is -0.340. The first kappa shape index (κ1) is 12.7. The summed E-state index contributed by atoms with van der Waals surface area (Å²) in [4.78, 5) is 0. The summed E-state index contributed by atoms with van der Waals surface area (Å²) >= 11 is 1.52. The van der Waals surface area contributed by atoms with Gasteiger partial charge in [0.25, 0.3) is 0 Å². The average molecular weight is 336 g/mol. The molecule has 0 saturated heterocycles. The summed E-state index contributed by atoms with van der Waals surface area (Å²) in [6.07, 6.45) is -4.75. The zero-order valence-electron chi connectivity index (χ0n) is 8.28. The molecule has 1 aromatic heterocycles. The van der Waals surface area contributed by atoms with Crippen LogP contribution >= 0.6 is 22.6 Å². The number of alkyl halides is 3. The second-order valence-electron chi connectivity index (χ2n) is 4.03. The second-order valence-corrected chi connectivity index (χ2v) is 5.06. The Morgan fingerprint density at radius 2 is 1.67 bits per heavy atom. The van der Waals surface area contributed by atoms with Gasteiger partial charge >= 0.3 is 6.18 Å². The van der Waals surface area contributed by atoms with Crippen LogP contribution < -0.4 is 0 Å². The topological polar surface area (TPSA) is 17.8 Å². The van der Waals surface area contributed by atoms with E-state index in [0.717, 1.165) is 4.68 Å². The van der Waals surface area contributed by atoms with Crippen molar-refractivity contribution in [2.24, 2.45) is 0 Å². The number of hydrogen-bond acceptors (Lipinski definition) is 1. The third kappa shape index (κ3) is 2.43. The fraction of sp³-hybridized carbons (Fsp3) is 0.625. The molecular formula is C8H9F4IN2. The first-order valence-electron chi connectivity index (χ1n) is 4.07. The predicted octanol–water partition coefficient (Wildman–Crippen LogP) is 3.40. The summed E-state index contributed by atoms with van der Waals surface area (Å²) in [5.41, 5.74) is -2.14. The van der Waals surface area contributed by atoms with E-state index in [2.05, 4.69) is 5.10 Å². The van der Waals surface area contributed by atoms with Crippen LogP contribution in [0.25, 0.3) is 0 Å². The maximum atomic E-state index is 13.2. The highest BCUT2D eigenvalue weighted by Crippen LogP contribution is 2.33. The van der Waals surface area contributed by atoms with E-state index in [4.69, 9.17) is 0 Å². The van der Waals surface area contributed by atoms with Crippen molar-refractivity contribution in [1.82, 2.24) is 9.78 Å². The summed E-state index contributed by atoms with van der Waals surface area (Å²) in [7, 11) is 0. The van der Waals surface area contributed by atoms with Gasteiger partial charge in [0, 0.05) is 0 Å². The molecule has 0 amide bonds. The quantitative estimate of drug-likeness (QED) is 0.525. The minimum Gasteiger partial charge on any atom is -0.250 e. The minimum absolute atomic E-state index is 0.132. The van der Waals surface area contributed by atoms with Gasteiger partial charge in [0.05, 0.1) is 5.54 Å². The van der Waals surface area contributed by atoms with Crippen molar-refractivity contribution >= 4 is 22.6 Å². The van der Waals surface area contributed by atoms with Gasteiger partial charge in [0.2, 0.25) is 5.69 Å². The van der Waals surface area contributed by atoms with Crippen LogP contribution in [0.2, 0.25) is 0 Å². The Balaban J connectivity index is 3.38. The summed E-state index contributed by atoms with van der Waals surface area (Å²) in [6, 6.07) is 0. The Labute approximate surface area is 97.8 Å². The van der Waals surface area contributed by atoms with Crippen LogP contribution in [0.4, 0.5) is 17.6 Å². The molecule has 1 aromatic rings. The lowest BCUT2D eigenvalue weighted by Crippen LogP contribution is -2.25.